The fourth-order valence-corrected chi connectivity index (χ4v) is 4.79. The summed E-state index contributed by atoms with van der Waals surface area (Å²) >= 11 is 1.67. The van der Waals surface area contributed by atoms with Crippen LogP contribution in [0.15, 0.2) is 36.4 Å². The van der Waals surface area contributed by atoms with E-state index < -0.39 is 6.10 Å². The maximum absolute atomic E-state index is 12.3. The first-order valence-corrected chi connectivity index (χ1v) is 10.1. The molecule has 1 atom stereocenters. The number of para-hydroxylation sites is 1. The second kappa shape index (κ2) is 8.23. The van der Waals surface area contributed by atoms with Gasteiger partial charge in [-0.3, -0.25) is 4.79 Å². The number of aliphatic hydroxyl groups is 1. The summed E-state index contributed by atoms with van der Waals surface area (Å²) in [6.45, 7) is 4.42. The van der Waals surface area contributed by atoms with Crippen molar-refractivity contribution in [2.75, 3.05) is 13.2 Å². The van der Waals surface area contributed by atoms with Gasteiger partial charge in [-0.05, 0) is 50.5 Å². The van der Waals surface area contributed by atoms with Gasteiger partial charge in [-0.1, -0.05) is 31.0 Å². The Morgan fingerprint density at radius 1 is 1.27 bits per heavy atom. The van der Waals surface area contributed by atoms with Gasteiger partial charge >= 0.3 is 0 Å². The summed E-state index contributed by atoms with van der Waals surface area (Å²) in [5, 5.41) is 12.9. The molecule has 0 radical (unpaired) electrons. The van der Waals surface area contributed by atoms with Crippen molar-refractivity contribution in [2.24, 2.45) is 0 Å². The molecular formula is C21H27NO3S. The van der Waals surface area contributed by atoms with E-state index in [9.17, 15) is 9.90 Å². The molecule has 2 N–H and O–H groups in total. The Morgan fingerprint density at radius 3 is 2.65 bits per heavy atom. The van der Waals surface area contributed by atoms with Gasteiger partial charge in [-0.25, -0.2) is 0 Å². The monoisotopic (exact) mass is 373 g/mol. The maximum atomic E-state index is 12.3. The van der Waals surface area contributed by atoms with Gasteiger partial charge in [0.2, 0.25) is 0 Å². The third-order valence-electron chi connectivity index (χ3n) is 5.20. The normalized spacial score (nSPS) is 17.0. The molecule has 140 valence electrons. The molecule has 1 saturated carbocycles. The summed E-state index contributed by atoms with van der Waals surface area (Å²) in [6.07, 6.45) is 4.07. The number of carbonyl (C=O) groups is 1. The van der Waals surface area contributed by atoms with Gasteiger partial charge in [0.05, 0.1) is 6.10 Å². The summed E-state index contributed by atoms with van der Waals surface area (Å²) in [5.41, 5.74) is 1.02. The Kier molecular flexibility index (Phi) is 5.99. The predicted octanol–water partition coefficient (Wildman–Crippen LogP) is 4.12. The average Bonchev–Trinajstić information content (AvgIpc) is 3.29. The first kappa shape index (κ1) is 18.9. The summed E-state index contributed by atoms with van der Waals surface area (Å²) in [7, 11) is 0. The van der Waals surface area contributed by atoms with E-state index in [1.165, 1.54) is 17.7 Å². The molecule has 1 fully saturated rings. The number of ether oxygens (including phenoxy) is 1. The third kappa shape index (κ3) is 4.27. The van der Waals surface area contributed by atoms with Crippen molar-refractivity contribution in [3.8, 4) is 5.75 Å². The van der Waals surface area contributed by atoms with Crippen molar-refractivity contribution in [2.45, 2.75) is 51.0 Å². The average molecular weight is 374 g/mol. The first-order valence-electron chi connectivity index (χ1n) is 9.24. The number of rotatable bonds is 7. The number of benzene rings is 1. The second-order valence-corrected chi connectivity index (χ2v) is 8.31. The standard InChI is InChI=1S/C21H27NO3S/c1-15-7-3-4-8-17(15)25-13-20(24)22-14-21(11-5-6-12-21)19-10-9-18(26-19)16(2)23/h3-4,7-10,16,23H,5-6,11-14H2,1-2H3,(H,22,24)/t16-/m0/s1. The molecule has 1 aromatic heterocycles. The third-order valence-corrected chi connectivity index (χ3v) is 6.70. The van der Waals surface area contributed by atoms with Crippen LogP contribution in [-0.4, -0.2) is 24.2 Å². The molecule has 1 aromatic carbocycles. The Morgan fingerprint density at radius 2 is 2.00 bits per heavy atom. The van der Waals surface area contributed by atoms with Crippen LogP contribution in [0.4, 0.5) is 0 Å². The smallest absolute Gasteiger partial charge is 0.257 e. The largest absolute Gasteiger partial charge is 0.484 e. The quantitative estimate of drug-likeness (QED) is 0.768. The van der Waals surface area contributed by atoms with Crippen molar-refractivity contribution in [1.29, 1.82) is 0 Å². The minimum Gasteiger partial charge on any atom is -0.484 e. The van der Waals surface area contributed by atoms with Gasteiger partial charge < -0.3 is 15.2 Å². The highest BCUT2D eigenvalue weighted by Gasteiger charge is 2.37. The lowest BCUT2D eigenvalue weighted by Crippen LogP contribution is -2.40. The predicted molar refractivity (Wildman–Crippen MR) is 105 cm³/mol. The van der Waals surface area contributed by atoms with E-state index >= 15 is 0 Å². The lowest BCUT2D eigenvalue weighted by atomic mass is 9.84. The molecule has 0 unspecified atom stereocenters. The molecule has 0 spiro atoms. The second-order valence-electron chi connectivity index (χ2n) is 7.20. The summed E-state index contributed by atoms with van der Waals surface area (Å²) in [6, 6.07) is 11.8. The van der Waals surface area contributed by atoms with Crippen LogP contribution in [0.2, 0.25) is 0 Å². The van der Waals surface area contributed by atoms with E-state index in [2.05, 4.69) is 11.4 Å². The molecule has 1 amide bonds. The van der Waals surface area contributed by atoms with E-state index in [-0.39, 0.29) is 17.9 Å². The Bertz CT molecular complexity index is 747. The topological polar surface area (TPSA) is 58.6 Å². The van der Waals surface area contributed by atoms with Crippen molar-refractivity contribution >= 4 is 17.2 Å². The van der Waals surface area contributed by atoms with Crippen LogP contribution < -0.4 is 10.1 Å². The summed E-state index contributed by atoms with van der Waals surface area (Å²) < 4.78 is 5.65. The van der Waals surface area contributed by atoms with Crippen LogP contribution in [0, 0.1) is 6.92 Å². The van der Waals surface area contributed by atoms with E-state index in [1.54, 1.807) is 18.3 Å². The van der Waals surface area contributed by atoms with Gasteiger partial charge in [-0.2, -0.15) is 0 Å². The number of hydrogen-bond acceptors (Lipinski definition) is 4. The molecule has 1 heterocycles. The fourth-order valence-electron chi connectivity index (χ4n) is 3.60. The molecule has 2 aromatic rings. The minimum atomic E-state index is -0.440. The Balaban J connectivity index is 1.60. The summed E-state index contributed by atoms with van der Waals surface area (Å²) in [4.78, 5) is 14.6. The Hall–Kier alpha value is -1.85. The SMILES string of the molecule is Cc1ccccc1OCC(=O)NCC1(c2ccc([C@H](C)O)s2)CCCC1. The van der Waals surface area contributed by atoms with E-state index in [4.69, 9.17) is 4.74 Å². The number of hydrogen-bond donors (Lipinski definition) is 2. The number of thiophene rings is 1. The van der Waals surface area contributed by atoms with Crippen molar-refractivity contribution in [3.05, 3.63) is 51.7 Å². The Labute approximate surface area is 159 Å². The number of aliphatic hydroxyl groups excluding tert-OH is 1. The van der Waals surface area contributed by atoms with Crippen LogP contribution >= 0.6 is 11.3 Å². The molecular weight excluding hydrogens is 346 g/mol. The molecule has 1 aliphatic rings. The first-order chi connectivity index (χ1) is 12.5. The van der Waals surface area contributed by atoms with Crippen LogP contribution in [-0.2, 0) is 10.2 Å². The zero-order chi connectivity index (χ0) is 18.6. The number of nitrogens with one attached hydrogen (secondary N) is 1. The zero-order valence-electron chi connectivity index (χ0n) is 15.5. The van der Waals surface area contributed by atoms with Gasteiger partial charge in [0.25, 0.3) is 5.91 Å². The summed E-state index contributed by atoms with van der Waals surface area (Å²) in [5.74, 6) is 0.657. The lowest BCUT2D eigenvalue weighted by Gasteiger charge is -2.28. The number of carbonyl (C=O) groups excluding carboxylic acids is 1. The zero-order valence-corrected chi connectivity index (χ0v) is 16.3. The molecule has 4 nitrogen and oxygen atoms in total. The highest BCUT2D eigenvalue weighted by atomic mass is 32.1. The molecule has 26 heavy (non-hydrogen) atoms. The molecule has 0 aliphatic heterocycles. The van der Waals surface area contributed by atoms with Gasteiger partial charge in [0.15, 0.2) is 6.61 Å². The van der Waals surface area contributed by atoms with E-state index in [0.29, 0.717) is 6.54 Å². The van der Waals surface area contributed by atoms with Crippen LogP contribution in [0.5, 0.6) is 5.75 Å². The van der Waals surface area contributed by atoms with Crippen LogP contribution in [0.1, 0.15) is 54.0 Å². The maximum Gasteiger partial charge on any atom is 0.257 e. The molecule has 1 aliphatic carbocycles. The van der Waals surface area contributed by atoms with E-state index in [1.807, 2.05) is 37.3 Å². The van der Waals surface area contributed by atoms with E-state index in [0.717, 1.165) is 29.0 Å². The molecule has 0 saturated heterocycles. The lowest BCUT2D eigenvalue weighted by molar-refractivity contribution is -0.123. The van der Waals surface area contributed by atoms with Crippen molar-refractivity contribution < 1.29 is 14.6 Å². The number of aryl methyl sites for hydroxylation is 1. The molecule has 5 heteroatoms. The minimum absolute atomic E-state index is 0.00384. The van der Waals surface area contributed by atoms with Crippen molar-refractivity contribution in [1.82, 2.24) is 5.32 Å². The van der Waals surface area contributed by atoms with Gasteiger partial charge in [-0.15, -0.1) is 11.3 Å². The number of amides is 1. The van der Waals surface area contributed by atoms with Gasteiger partial charge in [0, 0.05) is 21.7 Å². The van der Waals surface area contributed by atoms with Crippen LogP contribution in [0.3, 0.4) is 0 Å². The fraction of sp³-hybridized carbons (Fsp3) is 0.476. The highest BCUT2D eigenvalue weighted by molar-refractivity contribution is 7.12. The molecule has 3 rings (SSSR count). The van der Waals surface area contributed by atoms with Gasteiger partial charge in [0.1, 0.15) is 5.75 Å². The van der Waals surface area contributed by atoms with Crippen molar-refractivity contribution in [3.63, 3.8) is 0 Å². The molecule has 0 bridgehead atoms. The highest BCUT2D eigenvalue weighted by Crippen LogP contribution is 2.44. The van der Waals surface area contributed by atoms with Crippen LogP contribution in [0.25, 0.3) is 0 Å².